The van der Waals surface area contributed by atoms with Crippen LogP contribution in [0, 0.1) is 6.92 Å². The van der Waals surface area contributed by atoms with Gasteiger partial charge in [0, 0.05) is 16.5 Å². The molecule has 9 heteroatoms. The molecule has 1 N–H and O–H groups in total. The number of carbonyl (C=O) groups is 1. The Labute approximate surface area is 198 Å². The largest absolute Gasteiger partial charge is 0.454 e. The van der Waals surface area contributed by atoms with Crippen LogP contribution in [0.3, 0.4) is 0 Å². The predicted molar refractivity (Wildman–Crippen MR) is 129 cm³/mol. The Morgan fingerprint density at radius 1 is 1.30 bits per heavy atom. The highest BCUT2D eigenvalue weighted by atomic mass is 35.5. The molecule has 7 nitrogen and oxygen atoms in total. The van der Waals surface area contributed by atoms with Crippen LogP contribution < -0.4 is 5.56 Å². The van der Waals surface area contributed by atoms with E-state index >= 15 is 0 Å². The first-order valence-corrected chi connectivity index (χ1v) is 11.8. The zero-order valence-electron chi connectivity index (χ0n) is 17.9. The fourth-order valence-corrected chi connectivity index (χ4v) is 5.65. The minimum Gasteiger partial charge on any atom is -0.454 e. The molecule has 0 amide bonds. The normalized spacial score (nSPS) is 13.2. The first-order chi connectivity index (χ1) is 16.0. The van der Waals surface area contributed by atoms with Gasteiger partial charge in [-0.3, -0.25) is 4.79 Å². The van der Waals surface area contributed by atoms with E-state index in [4.69, 9.17) is 16.3 Å². The molecule has 168 valence electrons. The number of carbonyl (C=O) groups excluding carboxylic acids is 1. The van der Waals surface area contributed by atoms with E-state index in [-0.39, 0.29) is 12.2 Å². The summed E-state index contributed by atoms with van der Waals surface area (Å²) in [5, 5.41) is 5.60. The maximum Gasteiger partial charge on any atom is 0.331 e. The average molecular weight is 481 g/mol. The quantitative estimate of drug-likeness (QED) is 0.325. The Hall–Kier alpha value is -3.23. The van der Waals surface area contributed by atoms with Crippen molar-refractivity contribution < 1.29 is 9.53 Å². The number of benzene rings is 1. The number of thiophene rings is 1. The van der Waals surface area contributed by atoms with Gasteiger partial charge in [0.25, 0.3) is 5.56 Å². The van der Waals surface area contributed by atoms with Crippen LogP contribution in [0.5, 0.6) is 0 Å². The SMILES string of the molecule is Cc1nn(Cc2ccccc2)c(Cl)c1C=CC(=O)OCc1nc2sc3c(c2c(=O)[nH]1)CCC3. The minimum atomic E-state index is -0.558. The second-order valence-corrected chi connectivity index (χ2v) is 9.37. The van der Waals surface area contributed by atoms with Crippen LogP contribution in [-0.2, 0) is 35.5 Å². The van der Waals surface area contributed by atoms with Gasteiger partial charge in [0.2, 0.25) is 0 Å². The molecule has 0 saturated heterocycles. The summed E-state index contributed by atoms with van der Waals surface area (Å²) in [5.74, 6) is -0.225. The summed E-state index contributed by atoms with van der Waals surface area (Å²) in [7, 11) is 0. The van der Waals surface area contributed by atoms with Crippen molar-refractivity contribution in [3.63, 3.8) is 0 Å². The van der Waals surface area contributed by atoms with Crippen LogP contribution in [0.25, 0.3) is 16.3 Å². The van der Waals surface area contributed by atoms with Gasteiger partial charge in [0.1, 0.15) is 22.4 Å². The Morgan fingerprint density at radius 2 is 2.12 bits per heavy atom. The number of H-pyrrole nitrogens is 1. The van der Waals surface area contributed by atoms with Crippen molar-refractivity contribution in [3.8, 4) is 0 Å². The lowest BCUT2D eigenvalue weighted by Crippen LogP contribution is -2.13. The predicted octanol–water partition coefficient (Wildman–Crippen LogP) is 4.44. The zero-order valence-corrected chi connectivity index (χ0v) is 19.5. The zero-order chi connectivity index (χ0) is 22.9. The summed E-state index contributed by atoms with van der Waals surface area (Å²) < 4.78 is 6.98. The van der Waals surface area contributed by atoms with Crippen molar-refractivity contribution >= 4 is 45.2 Å². The standard InChI is InChI=1S/C24H21ClN4O3S/c1-14-16(22(25)29(28-14)12-15-6-3-2-4-7-15)10-11-20(30)32-13-19-26-23(31)21-17-8-5-9-18(17)33-24(21)27-19/h2-4,6-7,10-11H,5,8-9,12-13H2,1H3,(H,26,27,31). The van der Waals surface area contributed by atoms with Gasteiger partial charge in [-0.15, -0.1) is 11.3 Å². The fraction of sp³-hybridized carbons (Fsp3) is 0.250. The first kappa shape index (κ1) is 21.6. The third-order valence-corrected chi connectivity index (χ3v) is 7.23. The van der Waals surface area contributed by atoms with Crippen LogP contribution >= 0.6 is 22.9 Å². The molecular formula is C24H21ClN4O3S. The van der Waals surface area contributed by atoms with Crippen LogP contribution in [0.4, 0.5) is 0 Å². The maximum atomic E-state index is 12.5. The number of halogens is 1. The van der Waals surface area contributed by atoms with Crippen LogP contribution in [0.2, 0.25) is 5.15 Å². The van der Waals surface area contributed by atoms with E-state index < -0.39 is 5.97 Å². The number of esters is 1. The fourth-order valence-electron chi connectivity index (χ4n) is 4.07. The lowest BCUT2D eigenvalue weighted by molar-refractivity contribution is -0.139. The number of hydrogen-bond donors (Lipinski definition) is 1. The molecule has 0 fully saturated rings. The molecule has 0 atom stereocenters. The van der Waals surface area contributed by atoms with Crippen LogP contribution in [-0.4, -0.2) is 25.7 Å². The number of nitrogens with zero attached hydrogens (tertiary/aromatic N) is 3. The van der Waals surface area contributed by atoms with E-state index in [1.165, 1.54) is 11.0 Å². The summed E-state index contributed by atoms with van der Waals surface area (Å²) in [6.45, 7) is 2.25. The second kappa shape index (κ2) is 8.96. The van der Waals surface area contributed by atoms with Gasteiger partial charge in [0.15, 0.2) is 0 Å². The van der Waals surface area contributed by atoms with Crippen LogP contribution in [0.15, 0.2) is 41.2 Å². The molecule has 1 aromatic carbocycles. The molecule has 4 aromatic rings. The maximum absolute atomic E-state index is 12.5. The molecule has 0 bridgehead atoms. The topological polar surface area (TPSA) is 89.9 Å². The van der Waals surface area contributed by atoms with Gasteiger partial charge in [-0.1, -0.05) is 41.9 Å². The monoisotopic (exact) mass is 480 g/mol. The van der Waals surface area contributed by atoms with Gasteiger partial charge in [-0.2, -0.15) is 5.10 Å². The van der Waals surface area contributed by atoms with E-state index in [0.717, 1.165) is 30.4 Å². The summed E-state index contributed by atoms with van der Waals surface area (Å²) in [5.41, 5.74) is 3.39. The van der Waals surface area contributed by atoms with Crippen molar-refractivity contribution in [1.82, 2.24) is 19.7 Å². The number of rotatable bonds is 6. The number of hydrogen-bond acceptors (Lipinski definition) is 6. The third-order valence-electron chi connectivity index (χ3n) is 5.65. The first-order valence-electron chi connectivity index (χ1n) is 10.6. The molecule has 0 spiro atoms. The Morgan fingerprint density at radius 3 is 2.94 bits per heavy atom. The smallest absolute Gasteiger partial charge is 0.331 e. The van der Waals surface area contributed by atoms with E-state index in [9.17, 15) is 9.59 Å². The number of aromatic amines is 1. The van der Waals surface area contributed by atoms with Crippen molar-refractivity contribution in [1.29, 1.82) is 0 Å². The van der Waals surface area contributed by atoms with Gasteiger partial charge in [0.05, 0.1) is 17.6 Å². The lowest BCUT2D eigenvalue weighted by atomic mass is 10.2. The van der Waals surface area contributed by atoms with Crippen molar-refractivity contribution in [2.24, 2.45) is 0 Å². The minimum absolute atomic E-state index is 0.114. The number of nitrogens with one attached hydrogen (secondary N) is 1. The summed E-state index contributed by atoms with van der Waals surface area (Å²) in [6.07, 6.45) is 5.89. The highest BCUT2D eigenvalue weighted by Crippen LogP contribution is 2.34. The van der Waals surface area contributed by atoms with Gasteiger partial charge >= 0.3 is 5.97 Å². The van der Waals surface area contributed by atoms with Gasteiger partial charge in [-0.25, -0.2) is 14.5 Å². The molecule has 0 aliphatic heterocycles. The molecule has 5 rings (SSSR count). The van der Waals surface area contributed by atoms with Crippen LogP contribution in [0.1, 0.15) is 39.5 Å². The summed E-state index contributed by atoms with van der Waals surface area (Å²) in [4.78, 5) is 34.0. The van der Waals surface area contributed by atoms with E-state index in [0.29, 0.717) is 39.0 Å². The Bertz CT molecular complexity index is 1440. The highest BCUT2D eigenvalue weighted by Gasteiger charge is 2.21. The molecule has 1 aliphatic rings. The molecule has 33 heavy (non-hydrogen) atoms. The average Bonchev–Trinajstić information content (AvgIpc) is 3.45. The third kappa shape index (κ3) is 4.36. The van der Waals surface area contributed by atoms with Gasteiger partial charge < -0.3 is 9.72 Å². The lowest BCUT2D eigenvalue weighted by Gasteiger charge is -2.03. The van der Waals surface area contributed by atoms with Crippen molar-refractivity contribution in [2.45, 2.75) is 39.3 Å². The van der Waals surface area contributed by atoms with E-state index in [1.807, 2.05) is 37.3 Å². The number of fused-ring (bicyclic) bond motifs is 3. The highest BCUT2D eigenvalue weighted by molar-refractivity contribution is 7.18. The number of aromatic nitrogens is 4. The number of ether oxygens (including phenoxy) is 1. The molecule has 0 unspecified atom stereocenters. The molecular weight excluding hydrogens is 460 g/mol. The molecule has 3 heterocycles. The second-order valence-electron chi connectivity index (χ2n) is 7.92. The molecule has 0 radical (unpaired) electrons. The summed E-state index contributed by atoms with van der Waals surface area (Å²) >= 11 is 8.04. The molecule has 3 aromatic heterocycles. The van der Waals surface area contributed by atoms with Gasteiger partial charge in [-0.05, 0) is 43.4 Å². The van der Waals surface area contributed by atoms with Crippen molar-refractivity contribution in [2.75, 3.05) is 0 Å². The molecule has 0 saturated carbocycles. The Kier molecular flexibility index (Phi) is 5.86. The van der Waals surface area contributed by atoms with E-state index in [2.05, 4.69) is 15.1 Å². The summed E-state index contributed by atoms with van der Waals surface area (Å²) in [6, 6.07) is 9.87. The number of aryl methyl sites for hydroxylation is 3. The Balaban J connectivity index is 1.26. The van der Waals surface area contributed by atoms with E-state index in [1.54, 1.807) is 22.1 Å². The molecule has 1 aliphatic carbocycles. The van der Waals surface area contributed by atoms with Crippen molar-refractivity contribution in [3.05, 3.63) is 85.0 Å².